The minimum atomic E-state index is -2.66. The fourth-order valence-electron chi connectivity index (χ4n) is 2.60. The van der Waals surface area contributed by atoms with Crippen LogP contribution in [0.1, 0.15) is 28.0 Å². The van der Waals surface area contributed by atoms with Gasteiger partial charge in [0.05, 0.1) is 11.1 Å². The second-order valence-corrected chi connectivity index (χ2v) is 4.71. The van der Waals surface area contributed by atoms with E-state index < -0.39 is 11.8 Å². The minimum Gasteiger partial charge on any atom is -0.366 e. The van der Waals surface area contributed by atoms with E-state index in [-0.39, 0.29) is 12.8 Å². The Morgan fingerprint density at radius 3 is 2.89 bits per heavy atom. The van der Waals surface area contributed by atoms with Crippen molar-refractivity contribution >= 4 is 16.8 Å². The fraction of sp³-hybridized carbons (Fsp3) is 0.308. The number of carbonyl (C=O) groups is 1. The van der Waals surface area contributed by atoms with Crippen molar-refractivity contribution in [1.29, 1.82) is 0 Å². The van der Waals surface area contributed by atoms with Crippen LogP contribution in [0.4, 0.5) is 8.78 Å². The molecule has 0 spiro atoms. The molecular formula is C13H12F2N2O. The molecule has 1 aliphatic rings. The summed E-state index contributed by atoms with van der Waals surface area (Å²) in [6, 6.07) is 5.02. The molecule has 0 bridgehead atoms. The van der Waals surface area contributed by atoms with Crippen LogP contribution < -0.4 is 5.73 Å². The number of hydrogen-bond donors (Lipinski definition) is 2. The van der Waals surface area contributed by atoms with Gasteiger partial charge >= 0.3 is 0 Å². The molecule has 1 aromatic carbocycles. The second-order valence-electron chi connectivity index (χ2n) is 4.71. The summed E-state index contributed by atoms with van der Waals surface area (Å²) in [6.07, 6.45) is -0.126. The van der Waals surface area contributed by atoms with Gasteiger partial charge in [-0.3, -0.25) is 4.79 Å². The Bertz CT molecular complexity index is 646. The quantitative estimate of drug-likeness (QED) is 0.802. The van der Waals surface area contributed by atoms with E-state index in [9.17, 15) is 13.6 Å². The molecule has 0 atom stereocenters. The van der Waals surface area contributed by atoms with Crippen LogP contribution >= 0.6 is 0 Å². The number of nitrogens with one attached hydrogen (secondary N) is 1. The molecule has 0 unspecified atom stereocenters. The minimum absolute atomic E-state index is 0.154. The molecule has 2 aromatic rings. The summed E-state index contributed by atoms with van der Waals surface area (Å²) in [7, 11) is 0. The lowest BCUT2D eigenvalue weighted by Crippen LogP contribution is -2.25. The van der Waals surface area contributed by atoms with Crippen LogP contribution in [-0.2, 0) is 12.8 Å². The zero-order valence-corrected chi connectivity index (χ0v) is 9.59. The molecule has 0 radical (unpaired) electrons. The third-order valence-electron chi connectivity index (χ3n) is 3.47. The lowest BCUT2D eigenvalue weighted by atomic mass is 9.92. The number of rotatable bonds is 1. The fourth-order valence-corrected chi connectivity index (χ4v) is 2.60. The normalized spacial score (nSPS) is 17.7. The molecule has 1 aromatic heterocycles. The van der Waals surface area contributed by atoms with Crippen molar-refractivity contribution < 1.29 is 13.6 Å². The SMILES string of the molecule is NC(=O)c1cccc2c3c([nH]c12)CCC(F)(F)C3. The van der Waals surface area contributed by atoms with Crippen molar-refractivity contribution in [2.24, 2.45) is 5.73 Å². The van der Waals surface area contributed by atoms with Crippen LogP contribution in [0.3, 0.4) is 0 Å². The average Bonchev–Trinajstić information content (AvgIpc) is 2.65. The molecule has 3 N–H and O–H groups in total. The molecule has 1 aliphatic carbocycles. The van der Waals surface area contributed by atoms with Gasteiger partial charge in [-0.25, -0.2) is 8.78 Å². The predicted molar refractivity (Wildman–Crippen MR) is 63.8 cm³/mol. The summed E-state index contributed by atoms with van der Waals surface area (Å²) in [6.45, 7) is 0. The number of amides is 1. The van der Waals surface area contributed by atoms with Gasteiger partial charge in [0.25, 0.3) is 11.8 Å². The highest BCUT2D eigenvalue weighted by Gasteiger charge is 2.36. The molecule has 5 heteroatoms. The average molecular weight is 250 g/mol. The zero-order valence-electron chi connectivity index (χ0n) is 9.59. The number of halogens is 2. The van der Waals surface area contributed by atoms with Crippen LogP contribution in [-0.4, -0.2) is 16.8 Å². The van der Waals surface area contributed by atoms with Crippen LogP contribution in [0.25, 0.3) is 10.9 Å². The zero-order chi connectivity index (χ0) is 12.9. The van der Waals surface area contributed by atoms with Crippen LogP contribution in [0.15, 0.2) is 18.2 Å². The Kier molecular flexibility index (Phi) is 2.20. The van der Waals surface area contributed by atoms with Crippen molar-refractivity contribution in [3.8, 4) is 0 Å². The first-order chi connectivity index (χ1) is 8.48. The summed E-state index contributed by atoms with van der Waals surface area (Å²) in [5.41, 5.74) is 7.62. The molecule has 0 saturated carbocycles. The van der Waals surface area contributed by atoms with Crippen molar-refractivity contribution in [2.45, 2.75) is 25.2 Å². The van der Waals surface area contributed by atoms with Crippen LogP contribution in [0.5, 0.6) is 0 Å². The largest absolute Gasteiger partial charge is 0.366 e. The summed E-state index contributed by atoms with van der Waals surface area (Å²) >= 11 is 0. The van der Waals surface area contributed by atoms with Gasteiger partial charge in [-0.1, -0.05) is 12.1 Å². The molecule has 18 heavy (non-hydrogen) atoms. The summed E-state index contributed by atoms with van der Waals surface area (Å²) in [5, 5.41) is 0.681. The lowest BCUT2D eigenvalue weighted by molar-refractivity contribution is -0.0121. The monoisotopic (exact) mass is 250 g/mol. The highest BCUT2D eigenvalue weighted by molar-refractivity contribution is 6.06. The van der Waals surface area contributed by atoms with E-state index in [0.717, 1.165) is 5.69 Å². The number of aromatic nitrogens is 1. The number of primary amides is 1. The maximum atomic E-state index is 13.4. The Hall–Kier alpha value is -1.91. The maximum absolute atomic E-state index is 13.4. The van der Waals surface area contributed by atoms with E-state index in [0.29, 0.717) is 28.5 Å². The number of carbonyl (C=O) groups excluding carboxylic acids is 1. The number of aryl methyl sites for hydroxylation is 1. The van der Waals surface area contributed by atoms with Crippen LogP contribution in [0, 0.1) is 0 Å². The number of alkyl halides is 2. The first-order valence-corrected chi connectivity index (χ1v) is 5.78. The second kappa shape index (κ2) is 3.54. The van der Waals surface area contributed by atoms with Gasteiger partial charge in [-0.15, -0.1) is 0 Å². The first kappa shape index (κ1) is 11.2. The summed E-state index contributed by atoms with van der Waals surface area (Å²) in [4.78, 5) is 14.4. The number of aromatic amines is 1. The van der Waals surface area contributed by atoms with E-state index in [1.165, 1.54) is 0 Å². The van der Waals surface area contributed by atoms with Gasteiger partial charge in [0, 0.05) is 23.9 Å². The summed E-state index contributed by atoms with van der Waals surface area (Å²) < 4.78 is 26.9. The molecule has 1 amide bonds. The molecule has 0 saturated heterocycles. The Morgan fingerprint density at radius 1 is 1.39 bits per heavy atom. The van der Waals surface area contributed by atoms with Crippen molar-refractivity contribution in [3.05, 3.63) is 35.0 Å². The highest BCUT2D eigenvalue weighted by atomic mass is 19.3. The standard InChI is InChI=1S/C13H12F2N2O/c14-13(15)5-4-10-9(6-13)7-2-1-3-8(12(16)18)11(7)17-10/h1-3,17H,4-6H2,(H2,16,18). The molecular weight excluding hydrogens is 238 g/mol. The van der Waals surface area contributed by atoms with Gasteiger partial charge < -0.3 is 10.7 Å². The van der Waals surface area contributed by atoms with E-state index >= 15 is 0 Å². The lowest BCUT2D eigenvalue weighted by Gasteiger charge is -2.21. The predicted octanol–water partition coefficient (Wildman–Crippen LogP) is 2.39. The molecule has 0 aliphatic heterocycles. The van der Waals surface area contributed by atoms with Gasteiger partial charge in [0.15, 0.2) is 0 Å². The number of benzene rings is 1. The maximum Gasteiger partial charge on any atom is 0.252 e. The molecule has 3 nitrogen and oxygen atoms in total. The van der Waals surface area contributed by atoms with E-state index in [4.69, 9.17) is 5.73 Å². The van der Waals surface area contributed by atoms with Crippen LogP contribution in [0.2, 0.25) is 0 Å². The van der Waals surface area contributed by atoms with Gasteiger partial charge in [0.2, 0.25) is 0 Å². The third-order valence-corrected chi connectivity index (χ3v) is 3.47. The van der Waals surface area contributed by atoms with Gasteiger partial charge in [0.1, 0.15) is 0 Å². The Morgan fingerprint density at radius 2 is 2.17 bits per heavy atom. The van der Waals surface area contributed by atoms with E-state index in [2.05, 4.69) is 4.98 Å². The topological polar surface area (TPSA) is 58.9 Å². The first-order valence-electron chi connectivity index (χ1n) is 5.78. The van der Waals surface area contributed by atoms with Crippen molar-refractivity contribution in [3.63, 3.8) is 0 Å². The Labute approximate surface area is 102 Å². The van der Waals surface area contributed by atoms with Crippen molar-refractivity contribution in [2.75, 3.05) is 0 Å². The molecule has 94 valence electrons. The third kappa shape index (κ3) is 1.58. The smallest absolute Gasteiger partial charge is 0.252 e. The van der Waals surface area contributed by atoms with E-state index in [1.54, 1.807) is 18.2 Å². The number of para-hydroxylation sites is 1. The highest BCUT2D eigenvalue weighted by Crippen LogP contribution is 2.37. The number of H-pyrrole nitrogens is 1. The Balaban J connectivity index is 2.26. The molecule has 1 heterocycles. The number of fused-ring (bicyclic) bond motifs is 3. The molecule has 3 rings (SSSR count). The summed E-state index contributed by atoms with van der Waals surface area (Å²) in [5.74, 6) is -3.21. The van der Waals surface area contributed by atoms with Crippen molar-refractivity contribution in [1.82, 2.24) is 4.98 Å². The number of hydrogen-bond acceptors (Lipinski definition) is 1. The number of nitrogens with two attached hydrogens (primary N) is 1. The van der Waals surface area contributed by atoms with Gasteiger partial charge in [-0.05, 0) is 18.1 Å². The van der Waals surface area contributed by atoms with E-state index in [1.807, 2.05) is 0 Å². The van der Waals surface area contributed by atoms with Gasteiger partial charge in [-0.2, -0.15) is 0 Å². The molecule has 0 fully saturated rings.